The number of benzene rings is 1. The highest BCUT2D eigenvalue weighted by atomic mass is 16.2. The molecule has 1 heterocycles. The van der Waals surface area contributed by atoms with Gasteiger partial charge >= 0.3 is 0 Å². The Balaban J connectivity index is 2.54. The van der Waals surface area contributed by atoms with Crippen molar-refractivity contribution in [2.75, 3.05) is 12.8 Å². The predicted molar refractivity (Wildman–Crippen MR) is 76.7 cm³/mol. The highest BCUT2D eigenvalue weighted by molar-refractivity contribution is 6.00. The van der Waals surface area contributed by atoms with E-state index in [1.165, 1.54) is 0 Å². The summed E-state index contributed by atoms with van der Waals surface area (Å²) in [5.74, 6) is 0.439. The van der Waals surface area contributed by atoms with Crippen molar-refractivity contribution >= 4 is 17.4 Å². The van der Waals surface area contributed by atoms with Crippen molar-refractivity contribution < 1.29 is 4.79 Å². The van der Waals surface area contributed by atoms with E-state index in [2.05, 4.69) is 4.99 Å². The van der Waals surface area contributed by atoms with E-state index in [1.807, 2.05) is 19.1 Å². The lowest BCUT2D eigenvalue weighted by Gasteiger charge is -2.39. The molecule has 0 aromatic heterocycles. The first-order chi connectivity index (χ1) is 8.90. The van der Waals surface area contributed by atoms with Crippen LogP contribution < -0.4 is 11.5 Å². The van der Waals surface area contributed by atoms with E-state index in [0.717, 1.165) is 12.0 Å². The van der Waals surface area contributed by atoms with Crippen molar-refractivity contribution in [3.8, 4) is 0 Å². The predicted octanol–water partition coefficient (Wildman–Crippen LogP) is 1.09. The number of nitrogens with two attached hydrogens (primary N) is 2. The Morgan fingerprint density at radius 2 is 2.11 bits per heavy atom. The van der Waals surface area contributed by atoms with Crippen LogP contribution in [0.15, 0.2) is 29.3 Å². The Labute approximate surface area is 113 Å². The van der Waals surface area contributed by atoms with Crippen molar-refractivity contribution in [3.63, 3.8) is 0 Å². The molecule has 0 radical (unpaired) electrons. The van der Waals surface area contributed by atoms with Crippen LogP contribution in [0.5, 0.6) is 0 Å². The second-order valence-corrected chi connectivity index (χ2v) is 5.07. The summed E-state index contributed by atoms with van der Waals surface area (Å²) < 4.78 is 0. The number of likely N-dealkylation sites (N-methyl/N-ethyl adjacent to an activating group) is 1. The summed E-state index contributed by atoms with van der Waals surface area (Å²) in [5.41, 5.74) is 12.2. The maximum atomic E-state index is 12.6. The molecule has 0 aliphatic carbocycles. The van der Waals surface area contributed by atoms with Crippen molar-refractivity contribution in [2.45, 2.75) is 31.8 Å². The lowest BCUT2D eigenvalue weighted by atomic mass is 9.88. The first kappa shape index (κ1) is 13.4. The highest BCUT2D eigenvalue weighted by Crippen LogP contribution is 2.33. The molecule has 5 nitrogen and oxygen atoms in total. The monoisotopic (exact) mass is 260 g/mol. The zero-order valence-corrected chi connectivity index (χ0v) is 11.6. The zero-order valence-electron chi connectivity index (χ0n) is 11.6. The summed E-state index contributed by atoms with van der Waals surface area (Å²) in [5, 5.41) is 0. The topological polar surface area (TPSA) is 84.7 Å². The van der Waals surface area contributed by atoms with E-state index in [1.54, 1.807) is 31.0 Å². The molecule has 0 spiro atoms. The van der Waals surface area contributed by atoms with Gasteiger partial charge in [0.2, 0.25) is 0 Å². The molecule has 1 aromatic carbocycles. The molecule has 0 fully saturated rings. The molecule has 5 heteroatoms. The van der Waals surface area contributed by atoms with E-state index in [4.69, 9.17) is 11.5 Å². The van der Waals surface area contributed by atoms with E-state index < -0.39 is 5.54 Å². The number of anilines is 1. The fourth-order valence-electron chi connectivity index (χ4n) is 2.58. The largest absolute Gasteiger partial charge is 0.399 e. The molecule has 2 unspecified atom stereocenters. The maximum Gasteiger partial charge on any atom is 0.255 e. The lowest BCUT2D eigenvalue weighted by molar-refractivity contribution is -0.137. The van der Waals surface area contributed by atoms with Gasteiger partial charge in [0.1, 0.15) is 5.84 Å². The van der Waals surface area contributed by atoms with E-state index in [9.17, 15) is 4.79 Å². The maximum absolute atomic E-state index is 12.6. The van der Waals surface area contributed by atoms with Gasteiger partial charge in [-0.2, -0.15) is 0 Å². The van der Waals surface area contributed by atoms with Crippen LogP contribution in [0.2, 0.25) is 0 Å². The van der Waals surface area contributed by atoms with Gasteiger partial charge in [0.25, 0.3) is 5.91 Å². The summed E-state index contributed by atoms with van der Waals surface area (Å²) in [6, 6.07) is 7.11. The molecular formula is C14H20N4O. The molecular weight excluding hydrogens is 240 g/mol. The summed E-state index contributed by atoms with van der Waals surface area (Å²) in [6.45, 7) is 3.76. The average Bonchev–Trinajstić information content (AvgIpc) is 2.37. The fourth-order valence-corrected chi connectivity index (χ4v) is 2.58. The molecule has 2 rings (SSSR count). The van der Waals surface area contributed by atoms with E-state index in [0.29, 0.717) is 11.5 Å². The smallest absolute Gasteiger partial charge is 0.255 e. The van der Waals surface area contributed by atoms with Crippen molar-refractivity contribution in [2.24, 2.45) is 10.7 Å². The van der Waals surface area contributed by atoms with E-state index in [-0.39, 0.29) is 11.9 Å². The third-order valence-corrected chi connectivity index (χ3v) is 3.73. The molecule has 2 atom stereocenters. The minimum atomic E-state index is -0.986. The van der Waals surface area contributed by atoms with Crippen LogP contribution in [0, 0.1) is 0 Å². The Morgan fingerprint density at radius 3 is 2.68 bits per heavy atom. The molecule has 1 amide bonds. The van der Waals surface area contributed by atoms with E-state index >= 15 is 0 Å². The number of aliphatic imine (C=N–C) groups is 1. The molecule has 0 saturated heterocycles. The number of carbonyl (C=O) groups excluding carboxylic acids is 1. The van der Waals surface area contributed by atoms with Gasteiger partial charge in [-0.1, -0.05) is 19.1 Å². The van der Waals surface area contributed by atoms with Gasteiger partial charge in [0, 0.05) is 12.7 Å². The Kier molecular flexibility index (Phi) is 3.22. The second kappa shape index (κ2) is 4.57. The van der Waals surface area contributed by atoms with Gasteiger partial charge < -0.3 is 16.4 Å². The van der Waals surface area contributed by atoms with Crippen LogP contribution in [-0.2, 0) is 10.3 Å². The normalized spacial score (nSPS) is 27.3. The molecule has 1 aromatic rings. The minimum Gasteiger partial charge on any atom is -0.399 e. The van der Waals surface area contributed by atoms with Crippen LogP contribution >= 0.6 is 0 Å². The third-order valence-electron chi connectivity index (χ3n) is 3.73. The molecule has 0 bridgehead atoms. The number of amidine groups is 1. The Bertz CT molecular complexity index is 540. The van der Waals surface area contributed by atoms with Gasteiger partial charge in [0.05, 0.1) is 6.04 Å². The van der Waals surface area contributed by atoms with Crippen molar-refractivity contribution in [1.29, 1.82) is 0 Å². The number of carbonyl (C=O) groups is 1. The van der Waals surface area contributed by atoms with Gasteiger partial charge in [0.15, 0.2) is 5.54 Å². The Morgan fingerprint density at radius 1 is 1.42 bits per heavy atom. The van der Waals surface area contributed by atoms with Crippen LogP contribution in [0.3, 0.4) is 0 Å². The van der Waals surface area contributed by atoms with Crippen molar-refractivity contribution in [3.05, 3.63) is 29.8 Å². The first-order valence-corrected chi connectivity index (χ1v) is 6.38. The second-order valence-electron chi connectivity index (χ2n) is 5.07. The number of hydrogen-bond acceptors (Lipinski definition) is 4. The van der Waals surface area contributed by atoms with Crippen LogP contribution in [-0.4, -0.2) is 29.7 Å². The fraction of sp³-hybridized carbons (Fsp3) is 0.429. The first-order valence-electron chi connectivity index (χ1n) is 6.38. The molecule has 19 heavy (non-hydrogen) atoms. The highest BCUT2D eigenvalue weighted by Gasteiger charge is 2.43. The van der Waals surface area contributed by atoms with Gasteiger partial charge in [-0.05, 0) is 31.0 Å². The van der Waals surface area contributed by atoms with Crippen LogP contribution in [0.4, 0.5) is 5.69 Å². The molecule has 0 saturated carbocycles. The molecule has 1 aliphatic heterocycles. The summed E-state index contributed by atoms with van der Waals surface area (Å²) in [7, 11) is 1.77. The van der Waals surface area contributed by atoms with Crippen LogP contribution in [0.25, 0.3) is 0 Å². The number of hydrogen-bond donors (Lipinski definition) is 2. The Hall–Kier alpha value is -2.04. The number of nitrogens with zero attached hydrogens (tertiary/aromatic N) is 2. The summed E-state index contributed by atoms with van der Waals surface area (Å²) >= 11 is 0. The third kappa shape index (κ3) is 2.05. The van der Waals surface area contributed by atoms with Crippen molar-refractivity contribution in [1.82, 2.24) is 4.90 Å². The van der Waals surface area contributed by atoms with Gasteiger partial charge in [-0.25, -0.2) is 4.99 Å². The van der Waals surface area contributed by atoms with Gasteiger partial charge in [-0.15, -0.1) is 0 Å². The van der Waals surface area contributed by atoms with Gasteiger partial charge in [-0.3, -0.25) is 4.79 Å². The summed E-state index contributed by atoms with van der Waals surface area (Å²) in [4.78, 5) is 18.7. The number of rotatable bonds is 2. The zero-order chi connectivity index (χ0) is 14.2. The number of amides is 1. The van der Waals surface area contributed by atoms with Crippen LogP contribution in [0.1, 0.15) is 25.8 Å². The molecule has 102 valence electrons. The summed E-state index contributed by atoms with van der Waals surface area (Å²) in [6.07, 6.45) is 0.755. The SMILES string of the molecule is CCC1C(N)=NC(C)(c2cccc(N)c2)C(=O)N1C. The average molecular weight is 260 g/mol. The molecule has 1 aliphatic rings. The quantitative estimate of drug-likeness (QED) is 0.781. The standard InChI is InChI=1S/C14H20N4O/c1-4-11-12(16)17-14(2,13(19)18(11)3)9-6-5-7-10(15)8-9/h5-8,11H,4,15H2,1-3H3,(H2,16,17). The minimum absolute atomic E-state index is 0.0563. The molecule has 4 N–H and O–H groups in total. The lowest BCUT2D eigenvalue weighted by Crippen LogP contribution is -2.56. The number of nitrogen functional groups attached to an aromatic ring is 1.